The molecule has 0 amide bonds. The maximum absolute atomic E-state index is 11.3. The third-order valence-corrected chi connectivity index (χ3v) is 2.28. The van der Waals surface area contributed by atoms with Gasteiger partial charge in [-0.2, -0.15) is 4.79 Å². The molecule has 1 heterocycles. The van der Waals surface area contributed by atoms with Crippen molar-refractivity contribution in [2.75, 3.05) is 7.11 Å². The van der Waals surface area contributed by atoms with Crippen molar-refractivity contribution in [3.8, 4) is 5.75 Å². The summed E-state index contributed by atoms with van der Waals surface area (Å²) in [6.07, 6.45) is 1.21. The quantitative estimate of drug-likeness (QED) is 0.464. The van der Waals surface area contributed by atoms with E-state index in [4.69, 9.17) is 10.3 Å². The number of hydrogen-bond donors (Lipinski definition) is 1. The molecule has 0 fully saturated rings. The van der Waals surface area contributed by atoms with Gasteiger partial charge in [0.25, 0.3) is 6.21 Å². The molecule has 0 saturated carbocycles. The Morgan fingerprint density at radius 2 is 2.31 bits per heavy atom. The van der Waals surface area contributed by atoms with Gasteiger partial charge in [-0.3, -0.25) is 4.79 Å². The first-order valence-electron chi connectivity index (χ1n) is 4.63. The lowest BCUT2D eigenvalue weighted by Crippen LogP contribution is -2.07. The lowest BCUT2D eigenvalue weighted by Gasteiger charge is -2.05. The number of benzene rings is 1. The van der Waals surface area contributed by atoms with E-state index in [1.807, 2.05) is 0 Å². The predicted molar refractivity (Wildman–Crippen MR) is 59.9 cm³/mol. The maximum Gasteiger partial charge on any atom is 0.288 e. The van der Waals surface area contributed by atoms with E-state index in [9.17, 15) is 4.79 Å². The number of pyridine rings is 1. The summed E-state index contributed by atoms with van der Waals surface area (Å²) in [7, 11) is 1.54. The Labute approximate surface area is 90.9 Å². The zero-order chi connectivity index (χ0) is 11.5. The minimum Gasteiger partial charge on any atom is -0.496 e. The molecule has 2 rings (SSSR count). The van der Waals surface area contributed by atoms with Crippen molar-refractivity contribution >= 4 is 17.1 Å². The molecule has 0 unspecified atom stereocenters. The van der Waals surface area contributed by atoms with Crippen LogP contribution in [0.4, 0.5) is 0 Å². The maximum atomic E-state index is 11.3. The van der Waals surface area contributed by atoms with Crippen molar-refractivity contribution in [1.82, 2.24) is 4.98 Å². The van der Waals surface area contributed by atoms with Crippen molar-refractivity contribution < 1.29 is 9.53 Å². The van der Waals surface area contributed by atoms with E-state index in [2.05, 4.69) is 9.77 Å². The molecule has 0 aliphatic rings. The summed E-state index contributed by atoms with van der Waals surface area (Å²) in [5, 5.41) is 0.711. The Morgan fingerprint density at radius 1 is 1.50 bits per heavy atom. The number of ether oxygens (including phenoxy) is 1. The third-order valence-electron chi connectivity index (χ3n) is 2.28. The number of aromatic nitrogens is 1. The minimum atomic E-state index is -0.254. The highest BCUT2D eigenvalue weighted by Gasteiger charge is 2.09. The smallest absolute Gasteiger partial charge is 0.288 e. The second-order valence-corrected chi connectivity index (χ2v) is 3.22. The van der Waals surface area contributed by atoms with Gasteiger partial charge in [-0.1, -0.05) is 6.07 Å². The molecule has 80 valence electrons. The highest BCUT2D eigenvalue weighted by atomic mass is 16.5. The number of H-pyrrole nitrogens is 1. The van der Waals surface area contributed by atoms with E-state index in [0.29, 0.717) is 22.2 Å². The molecule has 0 atom stereocenters. The van der Waals surface area contributed by atoms with Crippen LogP contribution in [0.5, 0.6) is 5.75 Å². The molecular formula is C11H9N3O2. The molecule has 0 saturated heterocycles. The Hall–Kier alpha value is -2.39. The molecule has 0 bridgehead atoms. The number of nitrogens with one attached hydrogen (secondary N) is 1. The number of aromatic amines is 1. The fourth-order valence-electron chi connectivity index (χ4n) is 1.65. The van der Waals surface area contributed by atoms with Gasteiger partial charge in [-0.25, -0.2) is 0 Å². The lowest BCUT2D eigenvalue weighted by molar-refractivity contribution is 0.00465. The van der Waals surface area contributed by atoms with E-state index in [0.717, 1.165) is 0 Å². The SMILES string of the molecule is COc1cccc2[nH]c(=O)cc(C=[N+]=[N-])c12. The van der Waals surface area contributed by atoms with Crippen molar-refractivity contribution in [3.63, 3.8) is 0 Å². The van der Waals surface area contributed by atoms with Crippen LogP contribution >= 0.6 is 0 Å². The van der Waals surface area contributed by atoms with E-state index < -0.39 is 0 Å². The van der Waals surface area contributed by atoms with Crippen LogP contribution in [-0.4, -0.2) is 23.1 Å². The summed E-state index contributed by atoms with van der Waals surface area (Å²) < 4.78 is 5.19. The van der Waals surface area contributed by atoms with Crippen molar-refractivity contribution in [2.45, 2.75) is 0 Å². The van der Waals surface area contributed by atoms with E-state index in [1.54, 1.807) is 25.3 Å². The molecule has 0 aliphatic carbocycles. The van der Waals surface area contributed by atoms with Crippen LogP contribution in [0.25, 0.3) is 16.4 Å². The number of methoxy groups -OCH3 is 1. The number of nitrogens with zero attached hydrogens (tertiary/aromatic N) is 2. The summed E-state index contributed by atoms with van der Waals surface area (Å²) in [5.74, 6) is 0.614. The van der Waals surface area contributed by atoms with Crippen LogP contribution in [0.15, 0.2) is 29.1 Å². The van der Waals surface area contributed by atoms with Gasteiger partial charge < -0.3 is 15.3 Å². The normalized spacial score (nSPS) is 9.81. The molecule has 1 aromatic heterocycles. The van der Waals surface area contributed by atoms with Crippen LogP contribution in [0.3, 0.4) is 0 Å². The van der Waals surface area contributed by atoms with Crippen molar-refractivity contribution in [3.05, 3.63) is 45.7 Å². The number of fused-ring (bicyclic) bond motifs is 1. The topological polar surface area (TPSA) is 78.5 Å². The highest BCUT2D eigenvalue weighted by Crippen LogP contribution is 2.25. The molecule has 16 heavy (non-hydrogen) atoms. The van der Waals surface area contributed by atoms with E-state index in [1.165, 1.54) is 12.3 Å². The van der Waals surface area contributed by atoms with Gasteiger partial charge in [0.15, 0.2) is 0 Å². The molecule has 0 spiro atoms. The first kappa shape index (κ1) is 10.1. The number of hydrogen-bond acceptors (Lipinski definition) is 2. The summed E-state index contributed by atoms with van der Waals surface area (Å²) in [6.45, 7) is 0. The molecule has 0 radical (unpaired) electrons. The molecule has 0 aliphatic heterocycles. The van der Waals surface area contributed by atoms with E-state index >= 15 is 0 Å². The molecule has 1 aromatic carbocycles. The lowest BCUT2D eigenvalue weighted by atomic mass is 10.1. The van der Waals surface area contributed by atoms with Crippen LogP contribution < -0.4 is 10.3 Å². The summed E-state index contributed by atoms with van der Waals surface area (Å²) in [5.41, 5.74) is 9.45. The first-order valence-corrected chi connectivity index (χ1v) is 4.63. The largest absolute Gasteiger partial charge is 0.496 e. The first-order chi connectivity index (χ1) is 7.76. The molecule has 2 aromatic rings. The average molecular weight is 215 g/mol. The van der Waals surface area contributed by atoms with Gasteiger partial charge in [-0.05, 0) is 12.1 Å². The summed E-state index contributed by atoms with van der Waals surface area (Å²) >= 11 is 0. The van der Waals surface area contributed by atoms with Gasteiger partial charge in [0.2, 0.25) is 5.56 Å². The van der Waals surface area contributed by atoms with Crippen molar-refractivity contribution in [1.29, 1.82) is 0 Å². The molecule has 1 N–H and O–H groups in total. The Kier molecular flexibility index (Phi) is 2.54. The standard InChI is InChI=1S/C11H9N3O2/c1-16-9-4-2-3-8-11(9)7(6-13-12)5-10(15)14-8/h2-6H,1H3,(H,14,15). The summed E-state index contributed by atoms with van der Waals surface area (Å²) in [4.78, 5) is 17.0. The fraction of sp³-hybridized carbons (Fsp3) is 0.0909. The third kappa shape index (κ3) is 1.60. The van der Waals surface area contributed by atoms with Crippen LogP contribution in [0, 0.1) is 0 Å². The molecule has 5 heteroatoms. The average Bonchev–Trinajstić information content (AvgIpc) is 2.28. The van der Waals surface area contributed by atoms with Gasteiger partial charge in [0, 0.05) is 6.07 Å². The van der Waals surface area contributed by atoms with Gasteiger partial charge >= 0.3 is 0 Å². The summed E-state index contributed by atoms with van der Waals surface area (Å²) in [6, 6.07) is 6.66. The van der Waals surface area contributed by atoms with Crippen LogP contribution in [0.1, 0.15) is 5.56 Å². The molecule has 5 nitrogen and oxygen atoms in total. The zero-order valence-corrected chi connectivity index (χ0v) is 8.60. The number of rotatable bonds is 2. The second-order valence-electron chi connectivity index (χ2n) is 3.22. The Bertz CT molecular complexity index is 639. The Morgan fingerprint density at radius 3 is 3.00 bits per heavy atom. The van der Waals surface area contributed by atoms with Gasteiger partial charge in [-0.15, -0.1) is 0 Å². The second kappa shape index (κ2) is 4.00. The van der Waals surface area contributed by atoms with Crippen LogP contribution in [-0.2, 0) is 0 Å². The van der Waals surface area contributed by atoms with Crippen LogP contribution in [0.2, 0.25) is 0 Å². The minimum absolute atomic E-state index is 0.254. The fourth-order valence-corrected chi connectivity index (χ4v) is 1.65. The molecular weight excluding hydrogens is 206 g/mol. The van der Waals surface area contributed by atoms with Crippen molar-refractivity contribution in [2.24, 2.45) is 0 Å². The highest BCUT2D eigenvalue weighted by molar-refractivity contribution is 5.99. The monoisotopic (exact) mass is 215 g/mol. The van der Waals surface area contributed by atoms with E-state index in [-0.39, 0.29) is 5.56 Å². The zero-order valence-electron chi connectivity index (χ0n) is 8.60. The Balaban J connectivity index is 2.96. The predicted octanol–water partition coefficient (Wildman–Crippen LogP) is 1.19. The van der Waals surface area contributed by atoms with Gasteiger partial charge in [0.05, 0.1) is 23.6 Å². The van der Waals surface area contributed by atoms with Gasteiger partial charge in [0.1, 0.15) is 5.75 Å².